The molecule has 3 aromatic rings. The van der Waals surface area contributed by atoms with Crippen LogP contribution in [-0.4, -0.2) is 42.3 Å². The van der Waals surface area contributed by atoms with E-state index in [0.29, 0.717) is 6.54 Å². The van der Waals surface area contributed by atoms with Crippen LogP contribution in [0.2, 0.25) is 0 Å². The van der Waals surface area contributed by atoms with E-state index in [9.17, 15) is 4.79 Å². The fraction of sp³-hybridized carbons (Fsp3) is 0.143. The highest BCUT2D eigenvalue weighted by Gasteiger charge is 2.32. The monoisotopic (exact) mass is 448 g/mol. The molecule has 162 valence electrons. The molecule has 1 unspecified atom stereocenters. The van der Waals surface area contributed by atoms with Gasteiger partial charge in [-0.15, -0.1) is 0 Å². The summed E-state index contributed by atoms with van der Waals surface area (Å²) in [5.74, 6) is 2.63. The minimum atomic E-state index is -0.0958. The van der Waals surface area contributed by atoms with Gasteiger partial charge < -0.3 is 9.88 Å². The molecule has 0 aliphatic carbocycles. The normalized spacial score (nSPS) is 17.0. The number of carbonyl (C=O) groups excluding carboxylic acids is 1. The number of nitrogens with zero attached hydrogens (tertiary/aromatic N) is 5. The second kappa shape index (κ2) is 8.73. The second-order valence-corrected chi connectivity index (χ2v) is 8.51. The van der Waals surface area contributed by atoms with Crippen molar-refractivity contribution < 1.29 is 9.69 Å². The summed E-state index contributed by atoms with van der Waals surface area (Å²) in [5, 5.41) is 13.5. The van der Waals surface area contributed by atoms with Crippen LogP contribution in [0.25, 0.3) is 0 Å². The lowest BCUT2D eigenvalue weighted by molar-refractivity contribution is -0.699. The molecule has 2 aliphatic heterocycles. The van der Waals surface area contributed by atoms with Crippen molar-refractivity contribution in [3.8, 4) is 0 Å². The molecule has 1 amide bonds. The number of H-pyrrole nitrogens is 1. The van der Waals surface area contributed by atoms with Gasteiger partial charge in [0.05, 0.1) is 18.7 Å². The Hall–Kier alpha value is -3.83. The summed E-state index contributed by atoms with van der Waals surface area (Å²) in [4.78, 5) is 22.7. The Kier molecular flexibility index (Phi) is 5.48. The molecule has 11 heteroatoms. The summed E-state index contributed by atoms with van der Waals surface area (Å²) >= 11 is 1.61. The first kappa shape index (κ1) is 20.1. The van der Waals surface area contributed by atoms with Crippen molar-refractivity contribution >= 4 is 35.2 Å². The van der Waals surface area contributed by atoms with Gasteiger partial charge in [-0.1, -0.05) is 0 Å². The Balaban J connectivity index is 1.24. The standard InChI is InChI=1S/C21H21N9OS/c1-15-10-18(27-26-15)25-20-12-29(11-19-23-7-9-30(19)20)32-17-4-2-16(3-5-17)24-21(31)13-28-8-6-22-14-28/h2-10,12,14H,11,13H2,1H3,(H,24,31)(H2,25,26,27)/p+1. The summed E-state index contributed by atoms with van der Waals surface area (Å²) in [5.41, 5.74) is 1.75. The van der Waals surface area contributed by atoms with Gasteiger partial charge in [0.25, 0.3) is 0 Å². The molecule has 2 aromatic heterocycles. The van der Waals surface area contributed by atoms with Crippen molar-refractivity contribution in [2.24, 2.45) is 4.99 Å². The molecule has 5 rings (SSSR count). The van der Waals surface area contributed by atoms with Crippen LogP contribution < -0.4 is 15.5 Å². The van der Waals surface area contributed by atoms with E-state index < -0.39 is 0 Å². The number of amides is 1. The summed E-state index contributed by atoms with van der Waals surface area (Å²) in [6, 6.07) is 9.75. The number of amidine groups is 1. The van der Waals surface area contributed by atoms with Crippen LogP contribution in [0, 0.1) is 6.92 Å². The van der Waals surface area contributed by atoms with Crippen LogP contribution >= 0.6 is 11.9 Å². The zero-order valence-electron chi connectivity index (χ0n) is 17.3. The number of fused-ring (bicyclic) bond motifs is 1. The lowest BCUT2D eigenvalue weighted by atomic mass is 10.3. The van der Waals surface area contributed by atoms with Crippen molar-refractivity contribution in [2.45, 2.75) is 18.4 Å². The Labute approximate surface area is 188 Å². The van der Waals surface area contributed by atoms with Crippen LogP contribution in [0.1, 0.15) is 5.69 Å². The molecule has 10 nitrogen and oxygen atoms in total. The summed E-state index contributed by atoms with van der Waals surface area (Å²) in [7, 11) is 0. The minimum Gasteiger partial charge on any atom is -0.328 e. The van der Waals surface area contributed by atoms with Gasteiger partial charge in [-0.3, -0.25) is 19.5 Å². The number of hydrogen-bond donors (Lipinski definition) is 4. The molecular formula is C21H22N9OS+. The fourth-order valence-corrected chi connectivity index (χ4v) is 4.28. The van der Waals surface area contributed by atoms with Gasteiger partial charge in [-0.25, -0.2) is 14.9 Å². The van der Waals surface area contributed by atoms with Crippen molar-refractivity contribution in [3.63, 3.8) is 0 Å². The average Bonchev–Trinajstić information content (AvgIpc) is 3.52. The third kappa shape index (κ3) is 4.58. The largest absolute Gasteiger partial charge is 0.328 e. The van der Waals surface area contributed by atoms with Crippen LogP contribution in [0.4, 0.5) is 11.5 Å². The van der Waals surface area contributed by atoms with E-state index in [-0.39, 0.29) is 12.5 Å². The van der Waals surface area contributed by atoms with Gasteiger partial charge in [0.15, 0.2) is 5.82 Å². The lowest BCUT2D eigenvalue weighted by Gasteiger charge is -2.27. The van der Waals surface area contributed by atoms with E-state index in [4.69, 9.17) is 0 Å². The van der Waals surface area contributed by atoms with Gasteiger partial charge in [0.1, 0.15) is 19.3 Å². The van der Waals surface area contributed by atoms with Crippen molar-refractivity contribution in [1.82, 2.24) is 24.1 Å². The number of anilines is 2. The first-order chi connectivity index (χ1) is 15.6. The quantitative estimate of drug-likeness (QED) is 0.409. The zero-order chi connectivity index (χ0) is 21.9. The Morgan fingerprint density at radius 2 is 2.19 bits per heavy atom. The number of aromatic nitrogens is 4. The Morgan fingerprint density at radius 1 is 1.31 bits per heavy atom. The SMILES string of the molecule is Cc1cc(NC2=CN(Sc3ccc(NC(=O)Cn4ccnc4)cc3)CC3=NC=C[NH+]23)n[nH]1. The Morgan fingerprint density at radius 3 is 2.94 bits per heavy atom. The fourth-order valence-electron chi connectivity index (χ4n) is 3.40. The molecule has 2 aliphatic rings. The van der Waals surface area contributed by atoms with E-state index in [1.54, 1.807) is 35.2 Å². The van der Waals surface area contributed by atoms with Crippen molar-refractivity contribution in [3.05, 3.63) is 79.2 Å². The van der Waals surface area contributed by atoms with Crippen LogP contribution in [-0.2, 0) is 11.3 Å². The number of rotatable bonds is 7. The number of aliphatic imine (C=N–C) groups is 1. The number of aromatic amines is 1. The zero-order valence-corrected chi connectivity index (χ0v) is 18.1. The van der Waals surface area contributed by atoms with Crippen LogP contribution in [0.3, 0.4) is 0 Å². The highest BCUT2D eigenvalue weighted by Crippen LogP contribution is 2.26. The number of nitrogens with one attached hydrogen (secondary N) is 4. The molecule has 0 bridgehead atoms. The number of quaternary nitrogens is 1. The first-order valence-corrected chi connectivity index (χ1v) is 10.8. The molecule has 0 saturated heterocycles. The highest BCUT2D eigenvalue weighted by atomic mass is 32.2. The maximum Gasteiger partial charge on any atom is 0.244 e. The lowest BCUT2D eigenvalue weighted by Crippen LogP contribution is -3.10. The maximum absolute atomic E-state index is 12.2. The molecule has 0 radical (unpaired) electrons. The molecule has 0 saturated carbocycles. The highest BCUT2D eigenvalue weighted by molar-refractivity contribution is 7.97. The van der Waals surface area contributed by atoms with E-state index in [1.807, 2.05) is 49.7 Å². The number of hydrogen-bond acceptors (Lipinski definition) is 7. The molecule has 0 fully saturated rings. The molecule has 32 heavy (non-hydrogen) atoms. The summed E-state index contributed by atoms with van der Waals surface area (Å²) < 4.78 is 3.86. The van der Waals surface area contributed by atoms with Crippen LogP contribution in [0.5, 0.6) is 0 Å². The number of carbonyl (C=O) groups is 1. The smallest absolute Gasteiger partial charge is 0.244 e. The number of aryl methyl sites for hydroxylation is 1. The minimum absolute atomic E-state index is 0.0958. The molecule has 0 spiro atoms. The van der Waals surface area contributed by atoms with E-state index in [2.05, 4.69) is 41.3 Å². The summed E-state index contributed by atoms with van der Waals surface area (Å²) in [6.07, 6.45) is 10.9. The van der Waals surface area contributed by atoms with Gasteiger partial charge in [-0.2, -0.15) is 5.10 Å². The first-order valence-electron chi connectivity index (χ1n) is 10.0. The Bertz CT molecular complexity index is 1190. The number of benzene rings is 1. The summed E-state index contributed by atoms with van der Waals surface area (Å²) in [6.45, 7) is 2.89. The third-order valence-electron chi connectivity index (χ3n) is 4.87. The maximum atomic E-state index is 12.2. The predicted molar refractivity (Wildman–Crippen MR) is 122 cm³/mol. The molecule has 1 aromatic carbocycles. The predicted octanol–water partition coefficient (Wildman–Crippen LogP) is 1.56. The van der Waals surface area contributed by atoms with Crippen LogP contribution in [0.15, 0.2) is 83.4 Å². The third-order valence-corrected chi connectivity index (χ3v) is 5.82. The second-order valence-electron chi connectivity index (χ2n) is 7.38. The van der Waals surface area contributed by atoms with Crippen molar-refractivity contribution in [1.29, 1.82) is 0 Å². The number of imidazole rings is 1. The van der Waals surface area contributed by atoms with E-state index in [1.165, 1.54) is 0 Å². The topological polar surface area (TPSA) is 108 Å². The van der Waals surface area contributed by atoms with E-state index in [0.717, 1.165) is 38.7 Å². The van der Waals surface area contributed by atoms with Gasteiger partial charge in [-0.05, 0) is 43.1 Å². The average molecular weight is 449 g/mol. The van der Waals surface area contributed by atoms with Gasteiger partial charge in [0.2, 0.25) is 17.6 Å². The molecule has 4 heterocycles. The van der Waals surface area contributed by atoms with Gasteiger partial charge in [0, 0.05) is 34.7 Å². The van der Waals surface area contributed by atoms with E-state index >= 15 is 0 Å². The molecule has 4 N–H and O–H groups in total. The molecular weight excluding hydrogens is 426 g/mol. The van der Waals surface area contributed by atoms with Gasteiger partial charge >= 0.3 is 0 Å². The molecule has 1 atom stereocenters. The van der Waals surface area contributed by atoms with Crippen molar-refractivity contribution in [2.75, 3.05) is 17.2 Å².